The van der Waals surface area contributed by atoms with Gasteiger partial charge in [0.25, 0.3) is 0 Å². The van der Waals surface area contributed by atoms with Crippen LogP contribution in [0.1, 0.15) is 20.3 Å². The predicted octanol–water partition coefficient (Wildman–Crippen LogP) is 2.90. The zero-order valence-corrected chi connectivity index (χ0v) is 6.54. The van der Waals surface area contributed by atoms with Crippen LogP contribution >= 0.6 is 0 Å². The quantitative estimate of drug-likeness (QED) is 0.249. The van der Waals surface area contributed by atoms with Crippen LogP contribution in [0, 0.1) is 5.92 Å². The van der Waals surface area contributed by atoms with Crippen molar-refractivity contribution in [1.82, 2.24) is 0 Å². The largest absolute Gasteiger partial charge is 0.0997 e. The minimum atomic E-state index is 0.439. The van der Waals surface area contributed by atoms with E-state index in [2.05, 4.69) is 30.5 Å². The molecule has 0 aliphatic heterocycles. The minimum absolute atomic E-state index is 0.439. The van der Waals surface area contributed by atoms with E-state index in [1.165, 1.54) is 0 Å². The van der Waals surface area contributed by atoms with Crippen LogP contribution in [0.25, 0.3) is 10.4 Å². The van der Waals surface area contributed by atoms with Crippen LogP contribution < -0.4 is 0 Å². The Morgan fingerprint density at radius 3 is 2.70 bits per heavy atom. The van der Waals surface area contributed by atoms with Crippen molar-refractivity contribution in [1.29, 1.82) is 0 Å². The van der Waals surface area contributed by atoms with Gasteiger partial charge in [0, 0.05) is 11.5 Å². The first-order chi connectivity index (χ1) is 4.66. The molecular formula is C7H13N3. The fraction of sp³-hybridized carbons (Fsp3) is 0.714. The second-order valence-corrected chi connectivity index (χ2v) is 2.74. The molecule has 0 unspecified atom stereocenters. The Morgan fingerprint density at radius 2 is 2.30 bits per heavy atom. The first kappa shape index (κ1) is 9.05. The lowest BCUT2D eigenvalue weighted by Crippen LogP contribution is -1.92. The second-order valence-electron chi connectivity index (χ2n) is 2.74. The zero-order valence-electron chi connectivity index (χ0n) is 6.54. The fourth-order valence-corrected chi connectivity index (χ4v) is 0.774. The smallest absolute Gasteiger partial charge is 0.0467 e. The maximum atomic E-state index is 7.97. The van der Waals surface area contributed by atoms with Crippen molar-refractivity contribution in [3.05, 3.63) is 22.6 Å². The molecule has 0 N–H and O–H groups in total. The molecule has 0 aliphatic carbocycles. The molecule has 3 nitrogen and oxygen atoms in total. The lowest BCUT2D eigenvalue weighted by Gasteiger charge is -2.03. The summed E-state index contributed by atoms with van der Waals surface area (Å²) in [7, 11) is 0. The highest BCUT2D eigenvalue weighted by molar-refractivity contribution is 4.97. The molecule has 0 atom stereocenters. The zero-order chi connectivity index (χ0) is 7.98. The highest BCUT2D eigenvalue weighted by Crippen LogP contribution is 2.08. The van der Waals surface area contributed by atoms with Gasteiger partial charge < -0.3 is 0 Å². The molecule has 0 heterocycles. The number of azide groups is 1. The van der Waals surface area contributed by atoms with Gasteiger partial charge in [-0.25, -0.2) is 0 Å². The van der Waals surface area contributed by atoms with Gasteiger partial charge in [-0.3, -0.25) is 0 Å². The summed E-state index contributed by atoms with van der Waals surface area (Å²) in [6.45, 7) is 8.43. The van der Waals surface area contributed by atoms with Crippen LogP contribution in [0.5, 0.6) is 0 Å². The molecule has 0 aliphatic rings. The Labute approximate surface area is 61.4 Å². The van der Waals surface area contributed by atoms with Crippen molar-refractivity contribution < 1.29 is 0 Å². The Bertz CT molecular complexity index is 154. The van der Waals surface area contributed by atoms with Crippen LogP contribution in [-0.2, 0) is 0 Å². The molecule has 3 heteroatoms. The molecule has 0 amide bonds. The monoisotopic (exact) mass is 139 g/mol. The standard InChI is InChI=1S/C7H13N3/c1-6(2)4-7(3)5-9-10-8/h6H,3-5H2,1-2H3. The lowest BCUT2D eigenvalue weighted by atomic mass is 10.1. The van der Waals surface area contributed by atoms with Gasteiger partial charge in [-0.05, 0) is 17.9 Å². The van der Waals surface area contributed by atoms with Gasteiger partial charge in [-0.2, -0.15) is 0 Å². The van der Waals surface area contributed by atoms with Gasteiger partial charge in [0.15, 0.2) is 0 Å². The summed E-state index contributed by atoms with van der Waals surface area (Å²) < 4.78 is 0. The van der Waals surface area contributed by atoms with Crippen LogP contribution in [0.3, 0.4) is 0 Å². The van der Waals surface area contributed by atoms with Gasteiger partial charge in [0.1, 0.15) is 0 Å². The Kier molecular flexibility index (Phi) is 4.42. The normalized spacial score (nSPS) is 9.10. The molecule has 0 saturated heterocycles. The predicted molar refractivity (Wildman–Crippen MR) is 42.6 cm³/mol. The Morgan fingerprint density at radius 1 is 1.70 bits per heavy atom. The summed E-state index contributed by atoms with van der Waals surface area (Å²) in [6.07, 6.45) is 0.943. The molecule has 10 heavy (non-hydrogen) atoms. The summed E-state index contributed by atoms with van der Waals surface area (Å²) >= 11 is 0. The van der Waals surface area contributed by atoms with Crippen LogP contribution in [0.4, 0.5) is 0 Å². The first-order valence-corrected chi connectivity index (χ1v) is 3.34. The maximum Gasteiger partial charge on any atom is 0.0467 e. The Hall–Kier alpha value is -0.950. The minimum Gasteiger partial charge on any atom is -0.0997 e. The first-order valence-electron chi connectivity index (χ1n) is 3.34. The fourth-order valence-electron chi connectivity index (χ4n) is 0.774. The van der Waals surface area contributed by atoms with Gasteiger partial charge in [0.2, 0.25) is 0 Å². The van der Waals surface area contributed by atoms with Crippen molar-refractivity contribution in [2.45, 2.75) is 20.3 Å². The molecule has 0 rings (SSSR count). The molecule has 0 saturated carbocycles. The third-order valence-electron chi connectivity index (χ3n) is 1.05. The maximum absolute atomic E-state index is 7.97. The highest BCUT2D eigenvalue weighted by atomic mass is 15.1. The van der Waals surface area contributed by atoms with Crippen molar-refractivity contribution in [3.63, 3.8) is 0 Å². The number of rotatable bonds is 4. The van der Waals surface area contributed by atoms with Gasteiger partial charge >= 0.3 is 0 Å². The third-order valence-corrected chi connectivity index (χ3v) is 1.05. The lowest BCUT2D eigenvalue weighted by molar-refractivity contribution is 0.636. The summed E-state index contributed by atoms with van der Waals surface area (Å²) in [5, 5.41) is 3.41. The van der Waals surface area contributed by atoms with E-state index >= 15 is 0 Å². The molecule has 0 aromatic heterocycles. The van der Waals surface area contributed by atoms with E-state index in [-0.39, 0.29) is 0 Å². The number of nitrogens with zero attached hydrogens (tertiary/aromatic N) is 3. The Balaban J connectivity index is 3.54. The molecular weight excluding hydrogens is 126 g/mol. The van der Waals surface area contributed by atoms with E-state index in [1.807, 2.05) is 0 Å². The van der Waals surface area contributed by atoms with Crippen molar-refractivity contribution in [2.75, 3.05) is 6.54 Å². The van der Waals surface area contributed by atoms with Crippen LogP contribution in [0.2, 0.25) is 0 Å². The second kappa shape index (κ2) is 4.89. The van der Waals surface area contributed by atoms with E-state index in [4.69, 9.17) is 5.53 Å². The molecule has 56 valence electrons. The van der Waals surface area contributed by atoms with Crippen molar-refractivity contribution in [2.24, 2.45) is 11.0 Å². The molecule has 0 bridgehead atoms. The molecule has 0 fully saturated rings. The average Bonchev–Trinajstić information content (AvgIpc) is 1.82. The SMILES string of the molecule is C=C(CN=[N+]=[N-])CC(C)C. The van der Waals surface area contributed by atoms with E-state index in [9.17, 15) is 0 Å². The topological polar surface area (TPSA) is 48.8 Å². The molecule has 0 aromatic carbocycles. The van der Waals surface area contributed by atoms with Crippen LogP contribution in [0.15, 0.2) is 17.3 Å². The van der Waals surface area contributed by atoms with Gasteiger partial charge in [0.05, 0.1) is 0 Å². The average molecular weight is 139 g/mol. The third kappa shape index (κ3) is 5.19. The molecule has 0 radical (unpaired) electrons. The number of hydrogen-bond acceptors (Lipinski definition) is 1. The van der Waals surface area contributed by atoms with E-state index < -0.39 is 0 Å². The summed E-state index contributed by atoms with van der Waals surface area (Å²) in [6, 6.07) is 0. The van der Waals surface area contributed by atoms with E-state index in [0.29, 0.717) is 12.5 Å². The highest BCUT2D eigenvalue weighted by Gasteiger charge is 1.95. The van der Waals surface area contributed by atoms with Crippen LogP contribution in [-0.4, -0.2) is 6.54 Å². The summed E-state index contributed by atoms with van der Waals surface area (Å²) in [4.78, 5) is 2.65. The van der Waals surface area contributed by atoms with Gasteiger partial charge in [-0.1, -0.05) is 31.1 Å². The van der Waals surface area contributed by atoms with E-state index in [1.54, 1.807) is 0 Å². The van der Waals surface area contributed by atoms with E-state index in [0.717, 1.165) is 12.0 Å². The summed E-state index contributed by atoms with van der Waals surface area (Å²) in [5.74, 6) is 0.599. The van der Waals surface area contributed by atoms with Gasteiger partial charge in [-0.15, -0.1) is 0 Å². The van der Waals surface area contributed by atoms with Crippen molar-refractivity contribution >= 4 is 0 Å². The molecule has 0 aromatic rings. The number of hydrogen-bond donors (Lipinski definition) is 0. The summed E-state index contributed by atoms with van der Waals surface area (Å²) in [5.41, 5.74) is 8.97. The van der Waals surface area contributed by atoms with Crippen molar-refractivity contribution in [3.8, 4) is 0 Å². The molecule has 0 spiro atoms.